The zero-order chi connectivity index (χ0) is 10.1. The topological polar surface area (TPSA) is 49.8 Å². The summed E-state index contributed by atoms with van der Waals surface area (Å²) in [6, 6.07) is 7.69. The van der Waals surface area contributed by atoms with E-state index in [-0.39, 0.29) is 0 Å². The second-order valence-corrected chi connectivity index (χ2v) is 4.23. The highest BCUT2D eigenvalue weighted by atomic mass is 35.5. The van der Waals surface area contributed by atoms with Gasteiger partial charge in [-0.2, -0.15) is 5.26 Å². The third-order valence-corrected chi connectivity index (χ3v) is 3.44. The van der Waals surface area contributed by atoms with Crippen molar-refractivity contribution in [2.45, 2.75) is 5.88 Å². The Kier molecular flexibility index (Phi) is 2.32. The average molecular weight is 223 g/mol. The van der Waals surface area contributed by atoms with Crippen molar-refractivity contribution in [3.05, 3.63) is 28.6 Å². The quantitative estimate of drug-likeness (QED) is 0.596. The molecule has 2 aromatic rings. The Bertz CT molecular complexity index is 525. The molecule has 0 aliphatic rings. The largest absolute Gasteiger partial charge is 0.398 e. The molecule has 0 amide bonds. The highest BCUT2D eigenvalue weighted by Gasteiger charge is 2.07. The molecule has 0 saturated carbocycles. The first-order valence-electron chi connectivity index (χ1n) is 4.03. The molecule has 1 heterocycles. The summed E-state index contributed by atoms with van der Waals surface area (Å²) in [5.74, 6) is 0.443. The van der Waals surface area contributed by atoms with Gasteiger partial charge in [-0.05, 0) is 17.7 Å². The molecule has 0 aliphatic carbocycles. The number of nitrogen functional groups attached to an aromatic ring is 1. The molecule has 14 heavy (non-hydrogen) atoms. The molecule has 0 saturated heterocycles. The number of benzene rings is 1. The lowest BCUT2D eigenvalue weighted by Crippen LogP contribution is -1.86. The molecule has 2 N–H and O–H groups in total. The standard InChI is InChI=1S/C10H7ClN2S/c11-4-6-1-2-9(13)10-8(6)3-7(5-12)14-10/h1-3H,4,13H2. The fourth-order valence-electron chi connectivity index (χ4n) is 1.37. The van der Waals surface area contributed by atoms with E-state index >= 15 is 0 Å². The summed E-state index contributed by atoms with van der Waals surface area (Å²) in [6.07, 6.45) is 0. The minimum atomic E-state index is 0.443. The minimum Gasteiger partial charge on any atom is -0.398 e. The van der Waals surface area contributed by atoms with E-state index in [1.165, 1.54) is 11.3 Å². The van der Waals surface area contributed by atoms with E-state index in [1.54, 1.807) is 0 Å². The highest BCUT2D eigenvalue weighted by molar-refractivity contribution is 7.20. The predicted molar refractivity (Wildman–Crippen MR) is 60.5 cm³/mol. The van der Waals surface area contributed by atoms with Crippen molar-refractivity contribution in [1.82, 2.24) is 0 Å². The third-order valence-electron chi connectivity index (χ3n) is 2.06. The van der Waals surface area contributed by atoms with Gasteiger partial charge in [-0.3, -0.25) is 0 Å². The molecule has 0 atom stereocenters. The monoisotopic (exact) mass is 222 g/mol. The van der Waals surface area contributed by atoms with Crippen LogP contribution in [0.25, 0.3) is 10.1 Å². The van der Waals surface area contributed by atoms with Crippen LogP contribution in [0.5, 0.6) is 0 Å². The van der Waals surface area contributed by atoms with Crippen molar-refractivity contribution < 1.29 is 0 Å². The molecule has 70 valence electrons. The number of hydrogen-bond acceptors (Lipinski definition) is 3. The normalized spacial score (nSPS) is 10.3. The number of anilines is 1. The smallest absolute Gasteiger partial charge is 0.110 e. The fourth-order valence-corrected chi connectivity index (χ4v) is 2.53. The molecule has 0 bridgehead atoms. The van der Waals surface area contributed by atoms with E-state index in [0.29, 0.717) is 16.4 Å². The first kappa shape index (κ1) is 9.32. The molecule has 1 aromatic heterocycles. The number of hydrogen-bond donors (Lipinski definition) is 1. The molecule has 0 spiro atoms. The average Bonchev–Trinajstić information content (AvgIpc) is 2.63. The maximum absolute atomic E-state index is 8.78. The number of nitriles is 1. The van der Waals surface area contributed by atoms with Crippen LogP contribution in [-0.2, 0) is 5.88 Å². The minimum absolute atomic E-state index is 0.443. The highest BCUT2D eigenvalue weighted by Crippen LogP contribution is 2.33. The van der Waals surface area contributed by atoms with Crippen LogP contribution >= 0.6 is 22.9 Å². The second-order valence-electron chi connectivity index (χ2n) is 2.91. The summed E-state index contributed by atoms with van der Waals surface area (Å²) in [4.78, 5) is 0.671. The van der Waals surface area contributed by atoms with Crippen LogP contribution in [0.2, 0.25) is 0 Å². The van der Waals surface area contributed by atoms with Crippen molar-refractivity contribution in [3.8, 4) is 6.07 Å². The number of alkyl halides is 1. The molecule has 0 aliphatic heterocycles. The van der Waals surface area contributed by atoms with E-state index in [0.717, 1.165) is 15.6 Å². The van der Waals surface area contributed by atoms with Gasteiger partial charge in [0.25, 0.3) is 0 Å². The van der Waals surface area contributed by atoms with Crippen molar-refractivity contribution in [3.63, 3.8) is 0 Å². The van der Waals surface area contributed by atoms with Crippen molar-refractivity contribution >= 4 is 38.7 Å². The predicted octanol–water partition coefficient (Wildman–Crippen LogP) is 3.09. The van der Waals surface area contributed by atoms with E-state index < -0.39 is 0 Å². The van der Waals surface area contributed by atoms with E-state index in [4.69, 9.17) is 22.6 Å². The van der Waals surface area contributed by atoms with Gasteiger partial charge in [-0.25, -0.2) is 0 Å². The maximum atomic E-state index is 8.78. The Labute approximate surface area is 90.5 Å². The third kappa shape index (κ3) is 1.33. The summed E-state index contributed by atoms with van der Waals surface area (Å²) in [5.41, 5.74) is 7.54. The lowest BCUT2D eigenvalue weighted by Gasteiger charge is -2.00. The lowest BCUT2D eigenvalue weighted by molar-refractivity contribution is 1.46. The molecule has 0 radical (unpaired) electrons. The Balaban J connectivity index is 2.83. The first-order chi connectivity index (χ1) is 6.76. The van der Waals surface area contributed by atoms with Crippen LogP contribution < -0.4 is 5.73 Å². The SMILES string of the molecule is N#Cc1cc2c(CCl)ccc(N)c2s1. The Morgan fingerprint density at radius 3 is 2.93 bits per heavy atom. The summed E-state index contributed by atoms with van der Waals surface area (Å²) in [6.45, 7) is 0. The lowest BCUT2D eigenvalue weighted by atomic mass is 10.1. The zero-order valence-electron chi connectivity index (χ0n) is 7.25. The second kappa shape index (κ2) is 3.49. The van der Waals surface area contributed by atoms with Gasteiger partial charge in [-0.15, -0.1) is 22.9 Å². The number of nitrogens with zero attached hydrogens (tertiary/aromatic N) is 1. The van der Waals surface area contributed by atoms with Gasteiger partial charge < -0.3 is 5.73 Å². The number of thiophene rings is 1. The van der Waals surface area contributed by atoms with Crippen LogP contribution in [0.3, 0.4) is 0 Å². The summed E-state index contributed by atoms with van der Waals surface area (Å²) >= 11 is 7.20. The molecule has 0 fully saturated rings. The van der Waals surface area contributed by atoms with Crippen LogP contribution in [0.1, 0.15) is 10.4 Å². The number of halogens is 1. The van der Waals surface area contributed by atoms with Gasteiger partial charge >= 0.3 is 0 Å². The maximum Gasteiger partial charge on any atom is 0.110 e. The Morgan fingerprint density at radius 1 is 1.50 bits per heavy atom. The van der Waals surface area contributed by atoms with Gasteiger partial charge in [-0.1, -0.05) is 6.07 Å². The van der Waals surface area contributed by atoms with Gasteiger partial charge in [0.05, 0.1) is 4.70 Å². The molecular weight excluding hydrogens is 216 g/mol. The van der Waals surface area contributed by atoms with Crippen LogP contribution in [0.15, 0.2) is 18.2 Å². The van der Waals surface area contributed by atoms with E-state index in [9.17, 15) is 0 Å². The van der Waals surface area contributed by atoms with Crippen molar-refractivity contribution in [1.29, 1.82) is 5.26 Å². The van der Waals surface area contributed by atoms with Crippen molar-refractivity contribution in [2.75, 3.05) is 5.73 Å². The van der Waals surface area contributed by atoms with Crippen LogP contribution in [0, 0.1) is 11.3 Å². The molecular formula is C10H7ClN2S. The molecule has 0 unspecified atom stereocenters. The van der Waals surface area contributed by atoms with Gasteiger partial charge in [0, 0.05) is 17.0 Å². The zero-order valence-corrected chi connectivity index (χ0v) is 8.82. The molecule has 2 rings (SSSR count). The summed E-state index contributed by atoms with van der Waals surface area (Å²) < 4.78 is 0.958. The van der Waals surface area contributed by atoms with E-state index in [1.807, 2.05) is 18.2 Å². The summed E-state index contributed by atoms with van der Waals surface area (Å²) in [5, 5.41) is 9.78. The molecule has 1 aromatic carbocycles. The first-order valence-corrected chi connectivity index (χ1v) is 5.38. The van der Waals surface area contributed by atoms with Crippen LogP contribution in [-0.4, -0.2) is 0 Å². The Hall–Kier alpha value is -1.24. The van der Waals surface area contributed by atoms with Gasteiger partial charge in [0.15, 0.2) is 0 Å². The van der Waals surface area contributed by atoms with E-state index in [2.05, 4.69) is 6.07 Å². The fraction of sp³-hybridized carbons (Fsp3) is 0.100. The molecule has 4 heteroatoms. The van der Waals surface area contributed by atoms with Crippen molar-refractivity contribution in [2.24, 2.45) is 0 Å². The number of nitrogens with two attached hydrogens (primary N) is 1. The molecule has 2 nitrogen and oxygen atoms in total. The summed E-state index contributed by atoms with van der Waals surface area (Å²) in [7, 11) is 0. The Morgan fingerprint density at radius 2 is 2.29 bits per heavy atom. The number of fused-ring (bicyclic) bond motifs is 1. The van der Waals surface area contributed by atoms with Gasteiger partial charge in [0.1, 0.15) is 10.9 Å². The number of rotatable bonds is 1. The van der Waals surface area contributed by atoms with Gasteiger partial charge in [0.2, 0.25) is 0 Å². The van der Waals surface area contributed by atoms with Crippen LogP contribution in [0.4, 0.5) is 5.69 Å².